The lowest BCUT2D eigenvalue weighted by molar-refractivity contribution is 0.100. The lowest BCUT2D eigenvalue weighted by Gasteiger charge is -2.19. The molecule has 0 radical (unpaired) electrons. The highest BCUT2D eigenvalue weighted by molar-refractivity contribution is 6.55. The zero-order chi connectivity index (χ0) is 18.8. The minimum Gasteiger partial charge on any atom is -0.507 e. The van der Waals surface area contributed by atoms with Crippen molar-refractivity contribution < 1.29 is 9.90 Å². The van der Waals surface area contributed by atoms with Crippen molar-refractivity contribution in [1.29, 1.82) is 0 Å². The van der Waals surface area contributed by atoms with Gasteiger partial charge in [0.05, 0.1) is 5.69 Å². The molecule has 0 bridgehead atoms. The molecule has 1 N–H and O–H groups in total. The monoisotopic (exact) mass is 387 g/mol. The molecule has 3 aromatic rings. The summed E-state index contributed by atoms with van der Waals surface area (Å²) in [5, 5.41) is 10.6. The van der Waals surface area contributed by atoms with E-state index in [-0.39, 0.29) is 0 Å². The zero-order valence-corrected chi connectivity index (χ0v) is 15.3. The van der Waals surface area contributed by atoms with Crippen molar-refractivity contribution in [3.63, 3.8) is 0 Å². The summed E-state index contributed by atoms with van der Waals surface area (Å²) in [5.74, 6) is -1.24. The first-order chi connectivity index (χ1) is 12.4. The van der Waals surface area contributed by atoms with Crippen LogP contribution in [0, 0.1) is 6.92 Å². The highest BCUT2D eigenvalue weighted by atomic mass is 35.5. The van der Waals surface area contributed by atoms with Crippen molar-refractivity contribution in [2.24, 2.45) is 0 Å². The third-order valence-corrected chi connectivity index (χ3v) is 4.49. The van der Waals surface area contributed by atoms with Crippen LogP contribution in [-0.4, -0.2) is 20.3 Å². The SMILES string of the molecule is Cc1c(O)c(C(=O)C(Cl)Cl)c(=O)n(-c2ccccc2)c1-c1ccccc1. The molecule has 0 aliphatic heterocycles. The van der Waals surface area contributed by atoms with E-state index < -0.39 is 27.5 Å². The molecular formula is C20H15Cl2NO3. The average molecular weight is 388 g/mol. The van der Waals surface area contributed by atoms with Crippen LogP contribution in [0.25, 0.3) is 16.9 Å². The maximum Gasteiger partial charge on any atom is 0.270 e. The Morgan fingerprint density at radius 3 is 2.08 bits per heavy atom. The topological polar surface area (TPSA) is 59.3 Å². The smallest absolute Gasteiger partial charge is 0.270 e. The van der Waals surface area contributed by atoms with Crippen LogP contribution in [0.3, 0.4) is 0 Å². The predicted octanol–water partition coefficient (Wildman–Crippen LogP) is 4.50. The summed E-state index contributed by atoms with van der Waals surface area (Å²) >= 11 is 11.3. The molecule has 0 aliphatic rings. The van der Waals surface area contributed by atoms with Gasteiger partial charge in [-0.25, -0.2) is 0 Å². The Morgan fingerprint density at radius 1 is 1.00 bits per heavy atom. The Kier molecular flexibility index (Phi) is 5.16. The number of para-hydroxylation sites is 1. The van der Waals surface area contributed by atoms with Crippen molar-refractivity contribution in [2.75, 3.05) is 0 Å². The number of halogens is 2. The summed E-state index contributed by atoms with van der Waals surface area (Å²) in [5.41, 5.74) is 1.09. The van der Waals surface area contributed by atoms with Crippen molar-refractivity contribution >= 4 is 29.0 Å². The van der Waals surface area contributed by atoms with Crippen molar-refractivity contribution in [2.45, 2.75) is 11.8 Å². The second kappa shape index (κ2) is 7.36. The standard InChI is InChI=1S/C20H15Cl2NO3/c1-12-16(13-8-4-2-5-9-13)23(14-10-6-3-7-11-14)20(26)15(17(12)24)18(25)19(21)22/h2-11,19,24H,1H3. The number of aromatic nitrogens is 1. The molecule has 0 aliphatic carbocycles. The number of benzene rings is 2. The fourth-order valence-corrected chi connectivity index (χ4v) is 3.10. The molecule has 1 aromatic heterocycles. The largest absolute Gasteiger partial charge is 0.507 e. The predicted molar refractivity (Wildman–Crippen MR) is 104 cm³/mol. The minimum absolute atomic E-state index is 0.386. The Hall–Kier alpha value is -2.56. The molecule has 132 valence electrons. The fourth-order valence-electron chi connectivity index (χ4n) is 2.88. The fraction of sp³-hybridized carbons (Fsp3) is 0.100. The van der Waals surface area contributed by atoms with Crippen molar-refractivity contribution in [3.8, 4) is 22.7 Å². The van der Waals surface area contributed by atoms with Gasteiger partial charge in [0.2, 0.25) is 5.78 Å². The zero-order valence-electron chi connectivity index (χ0n) is 13.8. The molecule has 0 unspecified atom stereocenters. The number of aromatic hydroxyl groups is 1. The summed E-state index contributed by atoms with van der Waals surface area (Å²) in [6.07, 6.45) is 0. The lowest BCUT2D eigenvalue weighted by Crippen LogP contribution is -2.29. The van der Waals surface area contributed by atoms with Crippen LogP contribution in [0.4, 0.5) is 0 Å². The van der Waals surface area contributed by atoms with Gasteiger partial charge in [-0.1, -0.05) is 71.7 Å². The number of hydrogen-bond donors (Lipinski definition) is 1. The van der Waals surface area contributed by atoms with E-state index in [1.807, 2.05) is 36.4 Å². The van der Waals surface area contributed by atoms with E-state index in [1.54, 1.807) is 31.2 Å². The van der Waals surface area contributed by atoms with Crippen LogP contribution >= 0.6 is 23.2 Å². The first-order valence-corrected chi connectivity index (χ1v) is 8.72. The van der Waals surface area contributed by atoms with E-state index in [9.17, 15) is 14.7 Å². The van der Waals surface area contributed by atoms with Crippen molar-refractivity contribution in [1.82, 2.24) is 4.57 Å². The first kappa shape index (κ1) is 18.2. The van der Waals surface area contributed by atoms with Gasteiger partial charge < -0.3 is 5.11 Å². The Balaban J connectivity index is 2.46. The van der Waals surface area contributed by atoms with Gasteiger partial charge in [0.1, 0.15) is 11.3 Å². The van der Waals surface area contributed by atoms with Gasteiger partial charge in [0.15, 0.2) is 4.84 Å². The normalized spacial score (nSPS) is 10.9. The first-order valence-electron chi connectivity index (χ1n) is 7.85. The Bertz CT molecular complexity index is 1010. The Morgan fingerprint density at radius 2 is 1.54 bits per heavy atom. The highest BCUT2D eigenvalue weighted by Crippen LogP contribution is 2.33. The van der Waals surface area contributed by atoms with E-state index in [2.05, 4.69) is 0 Å². The number of nitrogens with zero attached hydrogens (tertiary/aromatic N) is 1. The maximum atomic E-state index is 13.1. The van der Waals surface area contributed by atoms with E-state index in [4.69, 9.17) is 23.2 Å². The third kappa shape index (κ3) is 3.14. The Labute approximate surface area is 160 Å². The summed E-state index contributed by atoms with van der Waals surface area (Å²) in [7, 11) is 0. The molecule has 4 nitrogen and oxygen atoms in total. The van der Waals surface area contributed by atoms with Gasteiger partial charge in [-0.05, 0) is 24.6 Å². The number of ketones is 1. The number of carbonyl (C=O) groups excluding carboxylic acids is 1. The van der Waals surface area contributed by atoms with Gasteiger partial charge >= 0.3 is 0 Å². The molecule has 0 saturated heterocycles. The second-order valence-electron chi connectivity index (χ2n) is 5.70. The average Bonchev–Trinajstić information content (AvgIpc) is 2.65. The third-order valence-electron chi connectivity index (χ3n) is 4.09. The van der Waals surface area contributed by atoms with Crippen LogP contribution in [0.1, 0.15) is 15.9 Å². The molecule has 0 amide bonds. The molecule has 2 aromatic carbocycles. The molecule has 6 heteroatoms. The van der Waals surface area contributed by atoms with Crippen LogP contribution < -0.4 is 5.56 Å². The van der Waals surface area contributed by atoms with Crippen LogP contribution in [-0.2, 0) is 0 Å². The molecular weight excluding hydrogens is 373 g/mol. The van der Waals surface area contributed by atoms with Crippen LogP contribution in [0.5, 0.6) is 5.75 Å². The number of alkyl halides is 2. The van der Waals surface area contributed by atoms with Crippen LogP contribution in [0.2, 0.25) is 0 Å². The van der Waals surface area contributed by atoms with Crippen LogP contribution in [0.15, 0.2) is 65.5 Å². The van der Waals surface area contributed by atoms with Gasteiger partial charge in [0, 0.05) is 11.3 Å². The summed E-state index contributed by atoms with van der Waals surface area (Å²) in [6.45, 7) is 1.64. The molecule has 26 heavy (non-hydrogen) atoms. The van der Waals surface area contributed by atoms with Gasteiger partial charge in [-0.2, -0.15) is 0 Å². The molecule has 0 saturated carbocycles. The van der Waals surface area contributed by atoms with Gasteiger partial charge in [-0.3, -0.25) is 14.2 Å². The molecule has 1 heterocycles. The molecule has 0 fully saturated rings. The van der Waals surface area contributed by atoms with E-state index >= 15 is 0 Å². The quantitative estimate of drug-likeness (QED) is 0.529. The number of hydrogen-bond acceptors (Lipinski definition) is 3. The lowest BCUT2D eigenvalue weighted by atomic mass is 10.0. The highest BCUT2D eigenvalue weighted by Gasteiger charge is 2.28. The summed E-state index contributed by atoms with van der Waals surface area (Å²) in [4.78, 5) is 24.0. The van der Waals surface area contributed by atoms with Gasteiger partial charge in [0.25, 0.3) is 5.56 Å². The van der Waals surface area contributed by atoms with Crippen molar-refractivity contribution in [3.05, 3.63) is 82.1 Å². The number of rotatable bonds is 4. The number of carbonyl (C=O) groups is 1. The number of Topliss-reactive ketones (excluding diaryl/α,β-unsaturated/α-hetero) is 1. The van der Waals surface area contributed by atoms with E-state index in [1.165, 1.54) is 4.57 Å². The van der Waals surface area contributed by atoms with Gasteiger partial charge in [-0.15, -0.1) is 0 Å². The summed E-state index contributed by atoms with van der Waals surface area (Å²) < 4.78 is 1.40. The minimum atomic E-state index is -1.44. The second-order valence-corrected chi connectivity index (χ2v) is 6.80. The van der Waals surface area contributed by atoms with E-state index in [0.717, 1.165) is 5.56 Å². The molecule has 0 spiro atoms. The summed E-state index contributed by atoms with van der Waals surface area (Å²) in [6, 6.07) is 18.1. The number of pyridine rings is 1. The maximum absolute atomic E-state index is 13.1. The molecule has 0 atom stereocenters. The van der Waals surface area contributed by atoms with E-state index in [0.29, 0.717) is 16.9 Å². The molecule has 3 rings (SSSR count).